The second kappa shape index (κ2) is 5.50. The van der Waals surface area contributed by atoms with Crippen LogP contribution in [0.25, 0.3) is 6.08 Å². The fourth-order valence-electron chi connectivity index (χ4n) is 1.20. The quantitative estimate of drug-likeness (QED) is 0.533. The Kier molecular flexibility index (Phi) is 4.05. The summed E-state index contributed by atoms with van der Waals surface area (Å²) < 4.78 is 0. The monoisotopic (exact) mass is 233 g/mol. The molecule has 0 bridgehead atoms. The van der Waals surface area contributed by atoms with Crippen LogP contribution in [0.5, 0.6) is 0 Å². The standard InChI is InChI=1S/C12H11NO4/c13-10(6-8-4-2-1-3-5-8)9(12(16)17)7-11(14)15/h1-7H,13H2,(H,14,15)(H,16,17)/b9-7-,10-6?. The summed E-state index contributed by atoms with van der Waals surface area (Å²) in [5.74, 6) is -2.73. The third-order valence-corrected chi connectivity index (χ3v) is 1.93. The van der Waals surface area contributed by atoms with Crippen LogP contribution in [0.4, 0.5) is 0 Å². The second-order valence-corrected chi connectivity index (χ2v) is 3.21. The molecule has 0 aliphatic carbocycles. The maximum absolute atomic E-state index is 10.8. The minimum Gasteiger partial charge on any atom is -0.478 e. The lowest BCUT2D eigenvalue weighted by molar-refractivity contribution is -0.134. The Morgan fingerprint density at radius 2 is 1.71 bits per heavy atom. The maximum Gasteiger partial charge on any atom is 0.338 e. The summed E-state index contributed by atoms with van der Waals surface area (Å²) in [6, 6.07) is 8.79. The number of nitrogens with two attached hydrogens (primary N) is 1. The molecule has 4 N–H and O–H groups in total. The number of carboxylic acids is 2. The molecule has 17 heavy (non-hydrogen) atoms. The highest BCUT2D eigenvalue weighted by atomic mass is 16.4. The molecule has 0 saturated carbocycles. The lowest BCUT2D eigenvalue weighted by atomic mass is 10.1. The van der Waals surface area contributed by atoms with Crippen LogP contribution in [0.15, 0.2) is 47.7 Å². The Labute approximate surface area is 97.5 Å². The molecule has 0 atom stereocenters. The number of hydrogen-bond donors (Lipinski definition) is 3. The van der Waals surface area contributed by atoms with Crippen LogP contribution >= 0.6 is 0 Å². The minimum atomic E-state index is -1.38. The maximum atomic E-state index is 10.8. The van der Waals surface area contributed by atoms with Crippen molar-refractivity contribution in [1.82, 2.24) is 0 Å². The van der Waals surface area contributed by atoms with E-state index in [-0.39, 0.29) is 5.70 Å². The molecule has 0 unspecified atom stereocenters. The highest BCUT2D eigenvalue weighted by Gasteiger charge is 2.12. The number of rotatable bonds is 4. The van der Waals surface area contributed by atoms with Crippen molar-refractivity contribution < 1.29 is 19.8 Å². The van der Waals surface area contributed by atoms with Crippen LogP contribution in [0.1, 0.15) is 5.56 Å². The SMILES string of the molecule is NC(=Cc1ccccc1)/C(=C/C(=O)O)C(=O)O. The number of carboxylic acid groups (broad SMARTS) is 2. The van der Waals surface area contributed by atoms with Crippen LogP contribution in [0, 0.1) is 0 Å². The fourth-order valence-corrected chi connectivity index (χ4v) is 1.20. The molecule has 0 saturated heterocycles. The molecule has 5 heteroatoms. The lowest BCUT2D eigenvalue weighted by Crippen LogP contribution is -2.12. The molecule has 0 amide bonds. The van der Waals surface area contributed by atoms with E-state index in [1.807, 2.05) is 0 Å². The fraction of sp³-hybridized carbons (Fsp3) is 0. The predicted octanol–water partition coefficient (Wildman–Crippen LogP) is 1.08. The van der Waals surface area contributed by atoms with E-state index in [4.69, 9.17) is 15.9 Å². The Morgan fingerprint density at radius 1 is 1.12 bits per heavy atom. The highest BCUT2D eigenvalue weighted by Crippen LogP contribution is 2.10. The Bertz CT molecular complexity index is 488. The van der Waals surface area contributed by atoms with E-state index in [1.54, 1.807) is 30.3 Å². The summed E-state index contributed by atoms with van der Waals surface area (Å²) in [5, 5.41) is 17.3. The molecule has 0 radical (unpaired) electrons. The van der Waals surface area contributed by atoms with E-state index >= 15 is 0 Å². The predicted molar refractivity (Wildman–Crippen MR) is 62.0 cm³/mol. The summed E-state index contributed by atoms with van der Waals surface area (Å²) in [6.45, 7) is 0. The van der Waals surface area contributed by atoms with Gasteiger partial charge in [0.15, 0.2) is 0 Å². The second-order valence-electron chi connectivity index (χ2n) is 3.21. The van der Waals surface area contributed by atoms with E-state index in [1.165, 1.54) is 6.08 Å². The van der Waals surface area contributed by atoms with Crippen molar-refractivity contribution >= 4 is 18.0 Å². The summed E-state index contributed by atoms with van der Waals surface area (Å²) in [6.07, 6.45) is 1.97. The molecule has 0 heterocycles. The number of hydrogen-bond acceptors (Lipinski definition) is 3. The number of carbonyl (C=O) groups is 2. The van der Waals surface area contributed by atoms with Gasteiger partial charge in [-0.2, -0.15) is 0 Å². The van der Waals surface area contributed by atoms with Gasteiger partial charge >= 0.3 is 11.9 Å². The highest BCUT2D eigenvalue weighted by molar-refractivity contribution is 5.99. The van der Waals surface area contributed by atoms with Gasteiger partial charge in [0, 0.05) is 11.8 Å². The van der Waals surface area contributed by atoms with Crippen LogP contribution in [-0.2, 0) is 9.59 Å². The van der Waals surface area contributed by atoms with E-state index in [2.05, 4.69) is 0 Å². The van der Waals surface area contributed by atoms with Gasteiger partial charge in [-0.15, -0.1) is 0 Å². The summed E-state index contributed by atoms with van der Waals surface area (Å²) in [7, 11) is 0. The van der Waals surface area contributed by atoms with Crippen LogP contribution in [0.3, 0.4) is 0 Å². The smallest absolute Gasteiger partial charge is 0.338 e. The molecule has 5 nitrogen and oxygen atoms in total. The molecule has 0 aliphatic heterocycles. The van der Waals surface area contributed by atoms with Crippen molar-refractivity contribution in [2.75, 3.05) is 0 Å². The molecule has 0 aromatic heterocycles. The zero-order valence-electron chi connectivity index (χ0n) is 8.83. The molecule has 1 aromatic carbocycles. The number of aliphatic carboxylic acids is 2. The molecule has 0 fully saturated rings. The van der Waals surface area contributed by atoms with Gasteiger partial charge in [-0.3, -0.25) is 0 Å². The topological polar surface area (TPSA) is 101 Å². The first-order valence-electron chi connectivity index (χ1n) is 4.71. The average molecular weight is 233 g/mol. The lowest BCUT2D eigenvalue weighted by Gasteiger charge is -2.02. The normalized spacial score (nSPS) is 12.2. The largest absolute Gasteiger partial charge is 0.478 e. The zero-order valence-corrected chi connectivity index (χ0v) is 8.83. The first kappa shape index (κ1) is 12.5. The Balaban J connectivity index is 3.09. The van der Waals surface area contributed by atoms with Crippen molar-refractivity contribution in [2.45, 2.75) is 0 Å². The van der Waals surface area contributed by atoms with Crippen molar-refractivity contribution in [3.63, 3.8) is 0 Å². The van der Waals surface area contributed by atoms with Gasteiger partial charge in [-0.25, -0.2) is 9.59 Å². The van der Waals surface area contributed by atoms with E-state index in [9.17, 15) is 9.59 Å². The average Bonchev–Trinajstić information content (AvgIpc) is 2.26. The Hall–Kier alpha value is -2.56. The number of benzene rings is 1. The van der Waals surface area contributed by atoms with Crippen molar-refractivity contribution in [3.8, 4) is 0 Å². The Morgan fingerprint density at radius 3 is 2.18 bits per heavy atom. The van der Waals surface area contributed by atoms with E-state index in [0.717, 1.165) is 0 Å². The molecule has 0 aliphatic rings. The van der Waals surface area contributed by atoms with Crippen LogP contribution in [0.2, 0.25) is 0 Å². The van der Waals surface area contributed by atoms with Crippen molar-refractivity contribution in [3.05, 3.63) is 53.2 Å². The van der Waals surface area contributed by atoms with Crippen LogP contribution < -0.4 is 5.73 Å². The third-order valence-electron chi connectivity index (χ3n) is 1.93. The summed E-state index contributed by atoms with van der Waals surface area (Å²) in [5.41, 5.74) is 5.70. The minimum absolute atomic E-state index is 0.105. The van der Waals surface area contributed by atoms with Crippen molar-refractivity contribution in [2.24, 2.45) is 5.73 Å². The van der Waals surface area contributed by atoms with Gasteiger partial charge in [0.25, 0.3) is 0 Å². The molecular weight excluding hydrogens is 222 g/mol. The molecular formula is C12H11NO4. The summed E-state index contributed by atoms with van der Waals surface area (Å²) >= 11 is 0. The van der Waals surface area contributed by atoms with Gasteiger partial charge in [-0.1, -0.05) is 30.3 Å². The first-order valence-corrected chi connectivity index (χ1v) is 4.71. The first-order chi connectivity index (χ1) is 8.00. The van der Waals surface area contributed by atoms with Crippen molar-refractivity contribution in [1.29, 1.82) is 0 Å². The molecule has 1 rings (SSSR count). The molecule has 88 valence electrons. The van der Waals surface area contributed by atoms with Gasteiger partial charge in [-0.05, 0) is 11.6 Å². The summed E-state index contributed by atoms with van der Waals surface area (Å²) in [4.78, 5) is 21.3. The zero-order chi connectivity index (χ0) is 12.8. The third kappa shape index (κ3) is 3.83. The van der Waals surface area contributed by atoms with E-state index in [0.29, 0.717) is 11.6 Å². The van der Waals surface area contributed by atoms with Gasteiger partial charge in [0.1, 0.15) is 0 Å². The van der Waals surface area contributed by atoms with Gasteiger partial charge in [0.05, 0.1) is 5.57 Å². The molecule has 0 spiro atoms. The van der Waals surface area contributed by atoms with Crippen LogP contribution in [-0.4, -0.2) is 22.2 Å². The van der Waals surface area contributed by atoms with Gasteiger partial charge < -0.3 is 15.9 Å². The van der Waals surface area contributed by atoms with E-state index < -0.39 is 17.5 Å². The molecule has 1 aromatic rings. The van der Waals surface area contributed by atoms with Gasteiger partial charge in [0.2, 0.25) is 0 Å².